The number of nitrogens with one attached hydrogen (secondary N) is 1. The van der Waals surface area contributed by atoms with Crippen LogP contribution in [-0.2, 0) is 22.4 Å². The number of carbonyl (C=O) groups is 2. The number of hydrogen-bond acceptors (Lipinski definition) is 3. The van der Waals surface area contributed by atoms with Gasteiger partial charge in [0.1, 0.15) is 5.82 Å². The fraction of sp³-hybridized carbons (Fsp3) is 0.400. The summed E-state index contributed by atoms with van der Waals surface area (Å²) in [5.41, 5.74) is 18.3. The molecule has 9 heteroatoms. The second kappa shape index (κ2) is 17.4. The van der Waals surface area contributed by atoms with Crippen molar-refractivity contribution in [1.82, 2.24) is 0 Å². The molecule has 0 unspecified atom stereocenters. The smallest absolute Gasteiger partial charge is 0.313 e. The molecule has 0 aliphatic heterocycles. The van der Waals surface area contributed by atoms with Gasteiger partial charge in [0.25, 0.3) is 0 Å². The highest BCUT2D eigenvalue weighted by molar-refractivity contribution is 6.39. The summed E-state index contributed by atoms with van der Waals surface area (Å²) < 4.78 is 12.8. The Morgan fingerprint density at radius 2 is 1.56 bits per heavy atom. The van der Waals surface area contributed by atoms with Crippen molar-refractivity contribution in [3.8, 4) is 0 Å². The molecule has 34 heavy (non-hydrogen) atoms. The highest BCUT2D eigenvalue weighted by Crippen LogP contribution is 2.26. The molecule has 0 aromatic heterocycles. The first-order valence-electron chi connectivity index (χ1n) is 11.4. The van der Waals surface area contributed by atoms with Gasteiger partial charge in [-0.3, -0.25) is 14.6 Å². The molecule has 0 radical (unpaired) electrons. The van der Waals surface area contributed by atoms with Crippen LogP contribution in [0.2, 0.25) is 5.02 Å². The van der Waals surface area contributed by atoms with Gasteiger partial charge in [0, 0.05) is 12.2 Å². The molecule has 0 spiro atoms. The quantitative estimate of drug-likeness (QED) is 0.285. The van der Waals surface area contributed by atoms with Gasteiger partial charge < -0.3 is 22.5 Å². The lowest BCUT2D eigenvalue weighted by molar-refractivity contribution is -0.134. The number of halogens is 2. The Hall–Kier alpha value is -3.13. The molecule has 2 aromatic carbocycles. The van der Waals surface area contributed by atoms with Gasteiger partial charge in [0.05, 0.1) is 5.02 Å². The lowest BCUT2D eigenvalue weighted by Gasteiger charge is -2.03. The number of fused-ring (bicyclic) bond motifs is 1. The van der Waals surface area contributed by atoms with Crippen LogP contribution in [0, 0.1) is 11.7 Å². The van der Waals surface area contributed by atoms with Gasteiger partial charge in [-0.2, -0.15) is 0 Å². The summed E-state index contributed by atoms with van der Waals surface area (Å²) in [5, 5.41) is 2.03. The summed E-state index contributed by atoms with van der Waals surface area (Å²) >= 11 is 5.40. The molecule has 0 fully saturated rings. The Morgan fingerprint density at radius 3 is 1.97 bits per heavy atom. The van der Waals surface area contributed by atoms with E-state index in [0.717, 1.165) is 25.5 Å². The number of rotatable bonds is 4. The van der Waals surface area contributed by atoms with Gasteiger partial charge in [-0.05, 0) is 48.1 Å². The fourth-order valence-corrected chi connectivity index (χ4v) is 2.90. The number of amides is 2. The van der Waals surface area contributed by atoms with E-state index in [1.54, 1.807) is 0 Å². The van der Waals surface area contributed by atoms with E-state index in [1.807, 2.05) is 13.8 Å². The molecule has 0 bridgehead atoms. The topological polar surface area (TPSA) is 137 Å². The molecule has 2 amide bonds. The fourth-order valence-electron chi connectivity index (χ4n) is 2.78. The van der Waals surface area contributed by atoms with Crippen LogP contribution in [0.4, 0.5) is 10.1 Å². The van der Waals surface area contributed by atoms with Crippen LogP contribution in [-0.4, -0.2) is 24.3 Å². The largest absolute Gasteiger partial charge is 0.370 e. The molecule has 3 rings (SSSR count). The number of unbranched alkanes of at least 4 members (excludes halogenated alkanes) is 1. The van der Waals surface area contributed by atoms with Crippen molar-refractivity contribution < 1.29 is 14.0 Å². The van der Waals surface area contributed by atoms with Crippen molar-refractivity contribution >= 4 is 35.1 Å². The zero-order chi connectivity index (χ0) is 26.1. The normalized spacial score (nSPS) is 11.2. The van der Waals surface area contributed by atoms with Crippen molar-refractivity contribution in [1.29, 1.82) is 0 Å². The van der Waals surface area contributed by atoms with Crippen molar-refractivity contribution in [2.24, 2.45) is 28.1 Å². The van der Waals surface area contributed by atoms with Gasteiger partial charge in [-0.25, -0.2) is 4.39 Å². The first kappa shape index (κ1) is 30.9. The van der Waals surface area contributed by atoms with Crippen molar-refractivity contribution in [3.63, 3.8) is 0 Å². The zero-order valence-electron chi connectivity index (χ0n) is 20.4. The first-order valence-corrected chi connectivity index (χ1v) is 11.7. The molecule has 188 valence electrons. The van der Waals surface area contributed by atoms with Crippen LogP contribution in [0.3, 0.4) is 0 Å². The van der Waals surface area contributed by atoms with Crippen molar-refractivity contribution in [3.05, 3.63) is 64.4 Å². The number of guanidine groups is 1. The molecular formula is C25H37ClFN5O2. The molecule has 0 saturated heterocycles. The van der Waals surface area contributed by atoms with E-state index in [-0.39, 0.29) is 16.7 Å². The third-order valence-corrected chi connectivity index (χ3v) is 4.88. The number of carbonyl (C=O) groups excluding carboxylic acids is 2. The maximum absolute atomic E-state index is 12.8. The summed E-state index contributed by atoms with van der Waals surface area (Å²) in [7, 11) is 0. The Kier molecular flexibility index (Phi) is 15.8. The average molecular weight is 494 g/mol. The van der Waals surface area contributed by atoms with E-state index in [4.69, 9.17) is 23.1 Å². The second-order valence-corrected chi connectivity index (χ2v) is 7.66. The highest BCUT2D eigenvalue weighted by atomic mass is 35.5. The van der Waals surface area contributed by atoms with Crippen LogP contribution in [0.5, 0.6) is 0 Å². The molecule has 2 aromatic rings. The lowest BCUT2D eigenvalue weighted by Crippen LogP contribution is -2.29. The second-order valence-electron chi connectivity index (χ2n) is 7.26. The van der Waals surface area contributed by atoms with Crippen molar-refractivity contribution in [2.45, 2.75) is 53.4 Å². The molecular weight excluding hydrogens is 457 g/mol. The van der Waals surface area contributed by atoms with Crippen LogP contribution in [0.25, 0.3) is 0 Å². The minimum atomic E-state index is -1.14. The molecule has 7 N–H and O–H groups in total. The molecule has 0 heterocycles. The van der Waals surface area contributed by atoms with Gasteiger partial charge in [0.15, 0.2) is 5.96 Å². The Labute approximate surface area is 207 Å². The number of hydrogen-bond donors (Lipinski definition) is 4. The van der Waals surface area contributed by atoms with Gasteiger partial charge >= 0.3 is 11.8 Å². The molecule has 0 saturated carbocycles. The van der Waals surface area contributed by atoms with Crippen LogP contribution < -0.4 is 22.5 Å². The summed E-state index contributed by atoms with van der Waals surface area (Å²) in [6, 6.07) is 12.1. The summed E-state index contributed by atoms with van der Waals surface area (Å²) in [5.74, 6) is -2.06. The number of anilines is 1. The zero-order valence-corrected chi connectivity index (χ0v) is 21.2. The van der Waals surface area contributed by atoms with Crippen molar-refractivity contribution in [2.75, 3.05) is 11.9 Å². The van der Waals surface area contributed by atoms with Crippen LogP contribution in [0.1, 0.15) is 51.7 Å². The third kappa shape index (κ3) is 12.2. The molecule has 1 aliphatic rings. The van der Waals surface area contributed by atoms with E-state index in [9.17, 15) is 14.0 Å². The standard InChI is InChI=1S/C11H15N3.C8H6ClFN2O2.C4H10.C2H6/c12-11(13)14-7-8-5-9-3-1-2-4-10(9)6-8;9-5-2-1-4(3-6(5)10)12-8(14)7(11)13;1-3-4-2;1-2/h1-4,8H,5-7H2,(H4,12,13,14);1-3H,(H2,11,13)(H,12,14);3-4H2,1-2H3;1-2H3. The van der Waals surface area contributed by atoms with Gasteiger partial charge in [-0.15, -0.1) is 0 Å². The number of nitrogens with zero attached hydrogens (tertiary/aromatic N) is 1. The third-order valence-electron chi connectivity index (χ3n) is 4.57. The Morgan fingerprint density at radius 1 is 1.03 bits per heavy atom. The maximum atomic E-state index is 12.8. The minimum absolute atomic E-state index is 0.0675. The Balaban J connectivity index is 0.000000522. The predicted octanol–water partition coefficient (Wildman–Crippen LogP) is 4.41. The summed E-state index contributed by atoms with van der Waals surface area (Å²) in [6.07, 6.45) is 4.85. The van der Waals surface area contributed by atoms with Gasteiger partial charge in [0.2, 0.25) is 0 Å². The number of nitrogens with two attached hydrogens (primary N) is 3. The van der Waals surface area contributed by atoms with E-state index in [0.29, 0.717) is 5.92 Å². The molecule has 1 aliphatic carbocycles. The van der Waals surface area contributed by atoms with Crippen LogP contribution >= 0.6 is 11.6 Å². The maximum Gasteiger partial charge on any atom is 0.313 e. The first-order chi connectivity index (χ1) is 16.2. The number of aliphatic imine (C=N–C) groups is 1. The van der Waals surface area contributed by atoms with E-state index in [1.165, 1.54) is 36.1 Å². The monoisotopic (exact) mass is 493 g/mol. The molecule has 7 nitrogen and oxygen atoms in total. The SMILES string of the molecule is CC.CCCC.NC(=O)C(=O)Nc1ccc(Cl)c(F)c1.NC(N)=NCC1Cc2ccccc2C1. The highest BCUT2D eigenvalue weighted by Gasteiger charge is 2.20. The number of benzene rings is 2. The van der Waals surface area contributed by atoms with E-state index < -0.39 is 17.6 Å². The van der Waals surface area contributed by atoms with E-state index >= 15 is 0 Å². The molecule has 0 atom stereocenters. The number of primary amides is 1. The summed E-state index contributed by atoms with van der Waals surface area (Å²) in [6.45, 7) is 9.11. The van der Waals surface area contributed by atoms with E-state index in [2.05, 4.69) is 54.2 Å². The van der Waals surface area contributed by atoms with Crippen LogP contribution in [0.15, 0.2) is 47.5 Å². The van der Waals surface area contributed by atoms with Gasteiger partial charge in [-0.1, -0.05) is 76.4 Å². The Bertz CT molecular complexity index is 906. The summed E-state index contributed by atoms with van der Waals surface area (Å²) in [4.78, 5) is 25.2. The average Bonchev–Trinajstić information content (AvgIpc) is 3.25. The lowest BCUT2D eigenvalue weighted by atomic mass is 10.1. The predicted molar refractivity (Wildman–Crippen MR) is 139 cm³/mol. The minimum Gasteiger partial charge on any atom is -0.370 e.